The highest BCUT2D eigenvalue weighted by atomic mass is 16.5. The van der Waals surface area contributed by atoms with Crippen LogP contribution < -0.4 is 10.1 Å². The van der Waals surface area contributed by atoms with Crippen molar-refractivity contribution in [2.24, 2.45) is 7.05 Å². The summed E-state index contributed by atoms with van der Waals surface area (Å²) in [5.74, 6) is 0.684. The Hall–Kier alpha value is -2.27. The van der Waals surface area contributed by atoms with Crippen molar-refractivity contribution in [3.63, 3.8) is 0 Å². The summed E-state index contributed by atoms with van der Waals surface area (Å²) in [6.07, 6.45) is 1.44. The summed E-state index contributed by atoms with van der Waals surface area (Å²) in [4.78, 5) is 11.9. The Kier molecular flexibility index (Phi) is 5.61. The number of carbonyl (C=O) groups excluding carboxylic acids is 1. The van der Waals surface area contributed by atoms with Crippen LogP contribution in [0, 0.1) is 0 Å². The van der Waals surface area contributed by atoms with E-state index in [9.17, 15) is 9.90 Å². The summed E-state index contributed by atoms with van der Waals surface area (Å²) in [6.45, 7) is 2.75. The summed E-state index contributed by atoms with van der Waals surface area (Å²) < 4.78 is 7.20. The third kappa shape index (κ3) is 4.36. The molecule has 1 amide bonds. The molecule has 0 saturated heterocycles. The van der Waals surface area contributed by atoms with Gasteiger partial charge in [-0.15, -0.1) is 0 Å². The predicted octanol–water partition coefficient (Wildman–Crippen LogP) is 1.82. The van der Waals surface area contributed by atoms with Crippen LogP contribution in [0.1, 0.15) is 24.3 Å². The topological polar surface area (TPSA) is 63.5 Å². The lowest BCUT2D eigenvalue weighted by Gasteiger charge is -2.13. The number of amides is 1. The van der Waals surface area contributed by atoms with Crippen molar-refractivity contribution in [2.45, 2.75) is 19.4 Å². The fourth-order valence-corrected chi connectivity index (χ4v) is 2.25. The first kappa shape index (κ1) is 16.1. The van der Waals surface area contributed by atoms with Crippen molar-refractivity contribution in [3.8, 4) is 5.75 Å². The highest BCUT2D eigenvalue weighted by Crippen LogP contribution is 2.13. The maximum atomic E-state index is 11.9. The second-order valence-corrected chi connectivity index (χ2v) is 5.12. The second kappa shape index (κ2) is 7.66. The van der Waals surface area contributed by atoms with Gasteiger partial charge in [0.05, 0.1) is 13.0 Å². The average molecular weight is 302 g/mol. The number of hydrogen-bond acceptors (Lipinski definition) is 3. The highest BCUT2D eigenvalue weighted by Gasteiger charge is 2.12. The normalized spacial score (nSPS) is 12.0. The van der Waals surface area contributed by atoms with E-state index in [0.717, 1.165) is 17.0 Å². The number of rotatable bonds is 7. The van der Waals surface area contributed by atoms with Crippen molar-refractivity contribution in [3.05, 3.63) is 53.9 Å². The summed E-state index contributed by atoms with van der Waals surface area (Å²) >= 11 is 0. The van der Waals surface area contributed by atoms with Crippen LogP contribution in [0.15, 0.2) is 42.6 Å². The van der Waals surface area contributed by atoms with E-state index >= 15 is 0 Å². The molecule has 0 fully saturated rings. The number of benzene rings is 1. The minimum atomic E-state index is -0.704. The Morgan fingerprint density at radius 3 is 2.64 bits per heavy atom. The van der Waals surface area contributed by atoms with Crippen LogP contribution in [-0.4, -0.2) is 28.7 Å². The van der Waals surface area contributed by atoms with Gasteiger partial charge in [0.2, 0.25) is 5.91 Å². The van der Waals surface area contributed by atoms with Crippen molar-refractivity contribution in [1.82, 2.24) is 9.88 Å². The lowest BCUT2D eigenvalue weighted by Crippen LogP contribution is -2.30. The zero-order valence-corrected chi connectivity index (χ0v) is 13.0. The number of nitrogens with zero attached hydrogens (tertiary/aromatic N) is 1. The molecule has 118 valence electrons. The molecule has 2 aromatic rings. The summed E-state index contributed by atoms with van der Waals surface area (Å²) in [5, 5.41) is 12.8. The number of carbonyl (C=O) groups is 1. The van der Waals surface area contributed by atoms with Crippen molar-refractivity contribution in [2.75, 3.05) is 13.2 Å². The molecule has 0 aliphatic carbocycles. The van der Waals surface area contributed by atoms with Crippen LogP contribution in [-0.2, 0) is 18.3 Å². The Morgan fingerprint density at radius 2 is 2.05 bits per heavy atom. The smallest absolute Gasteiger partial charge is 0.224 e. The van der Waals surface area contributed by atoms with Crippen LogP contribution in [0.2, 0.25) is 0 Å². The zero-order chi connectivity index (χ0) is 15.9. The Balaban J connectivity index is 1.81. The number of ether oxygens (including phenoxy) is 1. The van der Waals surface area contributed by atoms with Crippen LogP contribution in [0.4, 0.5) is 0 Å². The van der Waals surface area contributed by atoms with E-state index in [1.54, 1.807) is 0 Å². The van der Waals surface area contributed by atoms with Gasteiger partial charge in [0.1, 0.15) is 11.9 Å². The molecule has 0 radical (unpaired) electrons. The number of nitrogens with one attached hydrogen (secondary N) is 1. The van der Waals surface area contributed by atoms with Gasteiger partial charge in [0.25, 0.3) is 0 Å². The minimum Gasteiger partial charge on any atom is -0.494 e. The van der Waals surface area contributed by atoms with E-state index in [1.165, 1.54) is 0 Å². The number of aliphatic hydroxyl groups is 1. The monoisotopic (exact) mass is 302 g/mol. The van der Waals surface area contributed by atoms with Crippen LogP contribution in [0.3, 0.4) is 0 Å². The highest BCUT2D eigenvalue weighted by molar-refractivity contribution is 5.78. The van der Waals surface area contributed by atoms with Gasteiger partial charge in [-0.1, -0.05) is 12.1 Å². The Labute approximate surface area is 130 Å². The number of hydrogen-bond donors (Lipinski definition) is 2. The predicted molar refractivity (Wildman–Crippen MR) is 84.7 cm³/mol. The molecule has 5 heteroatoms. The molecule has 0 aliphatic rings. The number of aryl methyl sites for hydroxylation is 1. The molecule has 1 heterocycles. The molecular formula is C17H22N2O3. The fourth-order valence-electron chi connectivity index (χ4n) is 2.25. The molecule has 1 atom stereocenters. The van der Waals surface area contributed by atoms with E-state index in [0.29, 0.717) is 6.61 Å². The minimum absolute atomic E-state index is 0.114. The number of aliphatic hydroxyl groups excluding tert-OH is 1. The van der Waals surface area contributed by atoms with E-state index in [1.807, 2.05) is 61.1 Å². The summed E-state index contributed by atoms with van der Waals surface area (Å²) in [5.41, 5.74) is 1.69. The van der Waals surface area contributed by atoms with Crippen molar-refractivity contribution >= 4 is 5.91 Å². The molecule has 0 aliphatic heterocycles. The molecule has 2 rings (SSSR count). The van der Waals surface area contributed by atoms with E-state index in [2.05, 4.69) is 5.32 Å². The van der Waals surface area contributed by atoms with Gasteiger partial charge in [-0.2, -0.15) is 0 Å². The molecule has 1 unspecified atom stereocenters. The zero-order valence-electron chi connectivity index (χ0n) is 13.0. The van der Waals surface area contributed by atoms with Crippen LogP contribution in [0.5, 0.6) is 5.75 Å². The Bertz CT molecular complexity index is 605. The van der Waals surface area contributed by atoms with Gasteiger partial charge in [-0.25, -0.2) is 0 Å². The van der Waals surface area contributed by atoms with Gasteiger partial charge in [-0.3, -0.25) is 4.79 Å². The lowest BCUT2D eigenvalue weighted by atomic mass is 10.1. The van der Waals surface area contributed by atoms with E-state index in [-0.39, 0.29) is 18.9 Å². The summed E-state index contributed by atoms with van der Waals surface area (Å²) in [7, 11) is 1.86. The van der Waals surface area contributed by atoms with Gasteiger partial charge in [-0.05, 0) is 36.8 Å². The molecule has 0 bridgehead atoms. The van der Waals surface area contributed by atoms with Gasteiger partial charge < -0.3 is 19.7 Å². The third-order valence-electron chi connectivity index (χ3n) is 3.42. The van der Waals surface area contributed by atoms with Crippen LogP contribution >= 0.6 is 0 Å². The van der Waals surface area contributed by atoms with Gasteiger partial charge in [0.15, 0.2) is 0 Å². The van der Waals surface area contributed by atoms with Crippen molar-refractivity contribution in [1.29, 1.82) is 0 Å². The first-order chi connectivity index (χ1) is 10.6. The number of aromatic nitrogens is 1. The standard InChI is InChI=1S/C17H22N2O3/c1-3-22-14-8-6-13(7-9-14)11-17(21)18-12-16(20)15-5-4-10-19(15)2/h4-10,16,20H,3,11-12H2,1-2H3,(H,18,21). The average Bonchev–Trinajstić information content (AvgIpc) is 2.93. The lowest BCUT2D eigenvalue weighted by molar-refractivity contribution is -0.120. The maximum Gasteiger partial charge on any atom is 0.224 e. The maximum absolute atomic E-state index is 11.9. The first-order valence-corrected chi connectivity index (χ1v) is 7.38. The fraction of sp³-hybridized carbons (Fsp3) is 0.353. The Morgan fingerprint density at radius 1 is 1.32 bits per heavy atom. The van der Waals surface area contributed by atoms with E-state index < -0.39 is 6.10 Å². The second-order valence-electron chi connectivity index (χ2n) is 5.12. The quantitative estimate of drug-likeness (QED) is 0.820. The first-order valence-electron chi connectivity index (χ1n) is 7.38. The molecular weight excluding hydrogens is 280 g/mol. The molecule has 0 spiro atoms. The third-order valence-corrected chi connectivity index (χ3v) is 3.42. The van der Waals surface area contributed by atoms with E-state index in [4.69, 9.17) is 4.74 Å². The van der Waals surface area contributed by atoms with Gasteiger partial charge >= 0.3 is 0 Å². The molecule has 0 saturated carbocycles. The van der Waals surface area contributed by atoms with Crippen molar-refractivity contribution < 1.29 is 14.6 Å². The van der Waals surface area contributed by atoms with Gasteiger partial charge in [0, 0.05) is 25.5 Å². The molecule has 1 aromatic heterocycles. The SMILES string of the molecule is CCOc1ccc(CC(=O)NCC(O)c2cccn2C)cc1. The largest absolute Gasteiger partial charge is 0.494 e. The molecule has 2 N–H and O–H groups in total. The molecule has 1 aromatic carbocycles. The molecule has 22 heavy (non-hydrogen) atoms. The summed E-state index contributed by atoms with van der Waals surface area (Å²) in [6, 6.07) is 11.1. The van der Waals surface area contributed by atoms with Crippen LogP contribution in [0.25, 0.3) is 0 Å². The molecule has 5 nitrogen and oxygen atoms in total.